The van der Waals surface area contributed by atoms with E-state index in [9.17, 15) is 0 Å². The van der Waals surface area contributed by atoms with Crippen molar-refractivity contribution in [2.75, 3.05) is 18.0 Å². The van der Waals surface area contributed by atoms with Crippen LogP contribution in [0.5, 0.6) is 0 Å². The molecule has 4 rings (SSSR count). The van der Waals surface area contributed by atoms with Crippen molar-refractivity contribution >= 4 is 5.82 Å². The van der Waals surface area contributed by atoms with E-state index in [-0.39, 0.29) is 12.1 Å². The second kappa shape index (κ2) is 4.52. The Morgan fingerprint density at radius 1 is 1.40 bits per heavy atom. The first kappa shape index (κ1) is 11.8. The summed E-state index contributed by atoms with van der Waals surface area (Å²) in [6.45, 7) is 4.31. The second-order valence-corrected chi connectivity index (χ2v) is 5.28. The van der Waals surface area contributed by atoms with Crippen LogP contribution in [-0.2, 0) is 11.3 Å². The monoisotopic (exact) mass is 272 g/mol. The molecule has 7 nitrogen and oxygen atoms in total. The molecular formula is C13H16N6O. The predicted molar refractivity (Wildman–Crippen MR) is 71.2 cm³/mol. The van der Waals surface area contributed by atoms with E-state index in [0.29, 0.717) is 6.61 Å². The van der Waals surface area contributed by atoms with Crippen molar-refractivity contribution in [3.63, 3.8) is 0 Å². The van der Waals surface area contributed by atoms with Crippen LogP contribution in [-0.4, -0.2) is 44.2 Å². The minimum Gasteiger partial charge on any atom is -0.370 e. The first-order chi connectivity index (χ1) is 9.81. The number of hydrogen-bond donors (Lipinski definition) is 0. The molecule has 20 heavy (non-hydrogen) atoms. The van der Waals surface area contributed by atoms with Gasteiger partial charge in [0, 0.05) is 19.3 Å². The van der Waals surface area contributed by atoms with Gasteiger partial charge in [0.25, 0.3) is 0 Å². The van der Waals surface area contributed by atoms with Crippen LogP contribution < -0.4 is 4.90 Å². The second-order valence-electron chi connectivity index (χ2n) is 5.28. The zero-order valence-electron chi connectivity index (χ0n) is 11.3. The average molecular weight is 272 g/mol. The highest BCUT2D eigenvalue weighted by Gasteiger charge is 2.36. The maximum Gasteiger partial charge on any atom is 0.132 e. The molecule has 0 spiro atoms. The highest BCUT2D eigenvalue weighted by Crippen LogP contribution is 2.31. The van der Waals surface area contributed by atoms with E-state index < -0.39 is 0 Å². The molecule has 2 aliphatic heterocycles. The molecule has 2 atom stereocenters. The van der Waals surface area contributed by atoms with Crippen LogP contribution >= 0.6 is 0 Å². The molecule has 104 valence electrons. The average Bonchev–Trinajstić information content (AvgIpc) is 2.95. The number of nitrogens with zero attached hydrogens (tertiary/aromatic N) is 6. The highest BCUT2D eigenvalue weighted by molar-refractivity contribution is 5.38. The summed E-state index contributed by atoms with van der Waals surface area (Å²) in [4.78, 5) is 10.9. The lowest BCUT2D eigenvalue weighted by molar-refractivity contribution is -0.0373. The molecular weight excluding hydrogens is 256 g/mol. The Balaban J connectivity index is 1.63. The third-order valence-corrected chi connectivity index (χ3v) is 4.01. The smallest absolute Gasteiger partial charge is 0.132 e. The van der Waals surface area contributed by atoms with E-state index >= 15 is 0 Å². The van der Waals surface area contributed by atoms with E-state index in [1.807, 2.05) is 23.9 Å². The Bertz CT molecular complexity index is 627. The van der Waals surface area contributed by atoms with Crippen LogP contribution in [0, 0.1) is 6.92 Å². The van der Waals surface area contributed by atoms with Gasteiger partial charge in [-0.15, -0.1) is 5.10 Å². The topological polar surface area (TPSA) is 69.0 Å². The summed E-state index contributed by atoms with van der Waals surface area (Å²) < 4.78 is 7.92. The van der Waals surface area contributed by atoms with Gasteiger partial charge in [-0.1, -0.05) is 5.21 Å². The zero-order valence-corrected chi connectivity index (χ0v) is 11.3. The van der Waals surface area contributed by atoms with Gasteiger partial charge >= 0.3 is 0 Å². The lowest BCUT2D eigenvalue weighted by atomic mass is 10.0. The molecule has 0 radical (unpaired) electrons. The van der Waals surface area contributed by atoms with Gasteiger partial charge in [0.2, 0.25) is 0 Å². The maximum atomic E-state index is 5.91. The molecule has 4 heterocycles. The van der Waals surface area contributed by atoms with E-state index in [2.05, 4.69) is 25.2 Å². The molecule has 2 aromatic rings. The van der Waals surface area contributed by atoms with E-state index in [0.717, 1.165) is 36.8 Å². The number of fused-ring (bicyclic) bond motifs is 3. The molecule has 0 aromatic carbocycles. The maximum absolute atomic E-state index is 5.91. The molecule has 0 N–H and O–H groups in total. The SMILES string of the molecule is Cc1nccc(N2CC[C@H]3OCc4cnnn4[C@H]3C2)n1. The highest BCUT2D eigenvalue weighted by atomic mass is 16.5. The van der Waals surface area contributed by atoms with Crippen molar-refractivity contribution in [2.45, 2.75) is 32.1 Å². The largest absolute Gasteiger partial charge is 0.370 e. The van der Waals surface area contributed by atoms with Crippen LogP contribution in [0.1, 0.15) is 24.0 Å². The van der Waals surface area contributed by atoms with Crippen LogP contribution in [0.25, 0.3) is 0 Å². The summed E-state index contributed by atoms with van der Waals surface area (Å²) in [5, 5.41) is 8.21. The number of rotatable bonds is 1. The van der Waals surface area contributed by atoms with Gasteiger partial charge in [-0.3, -0.25) is 0 Å². The molecule has 0 amide bonds. The lowest BCUT2D eigenvalue weighted by Gasteiger charge is -2.41. The van der Waals surface area contributed by atoms with Gasteiger partial charge in [-0.25, -0.2) is 14.6 Å². The first-order valence-electron chi connectivity index (χ1n) is 6.86. The Labute approximate surface area is 116 Å². The Morgan fingerprint density at radius 2 is 2.35 bits per heavy atom. The zero-order chi connectivity index (χ0) is 13.5. The molecule has 1 fully saturated rings. The minimum absolute atomic E-state index is 0.213. The molecule has 0 unspecified atom stereocenters. The summed E-state index contributed by atoms with van der Waals surface area (Å²) in [5.41, 5.74) is 1.05. The molecule has 1 saturated heterocycles. The summed E-state index contributed by atoms with van der Waals surface area (Å²) in [5.74, 6) is 1.77. The van der Waals surface area contributed by atoms with Gasteiger partial charge in [-0.2, -0.15) is 0 Å². The summed E-state index contributed by atoms with van der Waals surface area (Å²) in [6, 6.07) is 2.17. The predicted octanol–water partition coefficient (Wildman–Crippen LogP) is 0.727. The number of aryl methyl sites for hydroxylation is 1. The number of aromatic nitrogens is 5. The van der Waals surface area contributed by atoms with Crippen LogP contribution in [0.3, 0.4) is 0 Å². The van der Waals surface area contributed by atoms with Crippen molar-refractivity contribution in [3.8, 4) is 0 Å². The Hall–Kier alpha value is -2.02. The van der Waals surface area contributed by atoms with E-state index in [4.69, 9.17) is 4.74 Å². The quantitative estimate of drug-likeness (QED) is 0.762. The van der Waals surface area contributed by atoms with E-state index in [1.54, 1.807) is 6.20 Å². The van der Waals surface area contributed by atoms with Gasteiger partial charge in [0.1, 0.15) is 11.6 Å². The first-order valence-corrected chi connectivity index (χ1v) is 6.86. The van der Waals surface area contributed by atoms with Gasteiger partial charge in [-0.05, 0) is 19.4 Å². The van der Waals surface area contributed by atoms with Crippen LogP contribution in [0.15, 0.2) is 18.5 Å². The van der Waals surface area contributed by atoms with Gasteiger partial charge < -0.3 is 9.64 Å². The normalized spacial score (nSPS) is 25.1. The Morgan fingerprint density at radius 3 is 3.25 bits per heavy atom. The van der Waals surface area contributed by atoms with Crippen molar-refractivity contribution in [1.82, 2.24) is 25.0 Å². The standard InChI is InChI=1S/C13H16N6O/c1-9-14-4-2-13(16-9)18-5-3-12-11(7-18)19-10(8-20-12)6-15-17-19/h2,4,6,11-12H,3,5,7-8H2,1H3/t11-,12+/m0/s1. The molecule has 2 aromatic heterocycles. The Kier molecular flexibility index (Phi) is 2.66. The molecule has 0 aliphatic carbocycles. The molecule has 7 heteroatoms. The number of piperidine rings is 1. The summed E-state index contributed by atoms with van der Waals surface area (Å²) >= 11 is 0. The number of hydrogen-bond acceptors (Lipinski definition) is 6. The third-order valence-electron chi connectivity index (χ3n) is 4.01. The number of ether oxygens (including phenoxy) is 1. The lowest BCUT2D eigenvalue weighted by Crippen LogP contribution is -2.48. The summed E-state index contributed by atoms with van der Waals surface area (Å²) in [6.07, 6.45) is 4.79. The fraction of sp³-hybridized carbons (Fsp3) is 0.538. The van der Waals surface area contributed by atoms with Gasteiger partial charge in [0.15, 0.2) is 0 Å². The van der Waals surface area contributed by atoms with Crippen molar-refractivity contribution in [3.05, 3.63) is 30.0 Å². The fourth-order valence-electron chi connectivity index (χ4n) is 3.01. The molecule has 0 saturated carbocycles. The van der Waals surface area contributed by atoms with Crippen LogP contribution in [0.2, 0.25) is 0 Å². The van der Waals surface area contributed by atoms with Crippen molar-refractivity contribution in [1.29, 1.82) is 0 Å². The van der Waals surface area contributed by atoms with Crippen molar-refractivity contribution < 1.29 is 4.74 Å². The van der Waals surface area contributed by atoms with Crippen molar-refractivity contribution in [2.24, 2.45) is 0 Å². The van der Waals surface area contributed by atoms with Crippen LogP contribution in [0.4, 0.5) is 5.82 Å². The minimum atomic E-state index is 0.213. The third kappa shape index (κ3) is 1.85. The van der Waals surface area contributed by atoms with Gasteiger partial charge in [0.05, 0.1) is 30.6 Å². The van der Waals surface area contributed by atoms with E-state index in [1.165, 1.54) is 0 Å². The fourth-order valence-corrected chi connectivity index (χ4v) is 3.01. The number of anilines is 1. The summed E-state index contributed by atoms with van der Waals surface area (Å²) in [7, 11) is 0. The molecule has 2 aliphatic rings. The molecule has 0 bridgehead atoms.